The molecule has 0 saturated heterocycles. The average Bonchev–Trinajstić information content (AvgIpc) is 3.27. The van der Waals surface area contributed by atoms with Crippen molar-refractivity contribution in [2.45, 2.75) is 39.5 Å². The number of carbonyl (C=O) groups is 1. The number of nitrogens with zero attached hydrogens (tertiary/aromatic N) is 2. The van der Waals surface area contributed by atoms with Crippen molar-refractivity contribution in [3.8, 4) is 11.3 Å². The molecule has 0 atom stereocenters. The van der Waals surface area contributed by atoms with Crippen LogP contribution in [0, 0.1) is 5.82 Å². The minimum Gasteiger partial charge on any atom is -0.368 e. The predicted octanol–water partition coefficient (Wildman–Crippen LogP) is 3.45. The van der Waals surface area contributed by atoms with Gasteiger partial charge in [0.25, 0.3) is 5.91 Å². The number of carbonyl (C=O) groups excluding carboxylic acids is 1. The molecular weight excluding hydrogens is 351 g/mol. The third kappa shape index (κ3) is 5.01. The topological polar surface area (TPSA) is 93.0 Å². The number of H-pyrrole nitrogens is 1. The number of aromatic nitrogens is 3. The van der Waals surface area contributed by atoms with Crippen molar-refractivity contribution in [2.24, 2.45) is 0 Å². The van der Waals surface area contributed by atoms with Crippen molar-refractivity contribution in [1.82, 2.24) is 20.7 Å². The Labute approximate surface area is 155 Å². The van der Waals surface area contributed by atoms with E-state index in [1.807, 2.05) is 20.8 Å². The molecule has 3 aromatic rings. The van der Waals surface area contributed by atoms with E-state index in [1.165, 1.54) is 18.3 Å². The number of ether oxygens (including phenoxy) is 1. The highest BCUT2D eigenvalue weighted by atomic mass is 19.1. The van der Waals surface area contributed by atoms with Gasteiger partial charge in [-0.15, -0.1) is 0 Å². The first kappa shape index (κ1) is 18.8. The summed E-state index contributed by atoms with van der Waals surface area (Å²) < 4.78 is 23.9. The SMILES string of the molecule is CC(C)(C)OCc1cc(CNC(=O)c2cn[nH]c2-c2ccc(F)cc2)no1. The molecule has 0 aliphatic heterocycles. The molecule has 0 fully saturated rings. The molecule has 3 rings (SSSR count). The van der Waals surface area contributed by atoms with Gasteiger partial charge in [-0.3, -0.25) is 9.89 Å². The van der Waals surface area contributed by atoms with E-state index in [-0.39, 0.29) is 23.9 Å². The van der Waals surface area contributed by atoms with E-state index in [0.717, 1.165) is 0 Å². The Morgan fingerprint density at radius 1 is 1.30 bits per heavy atom. The van der Waals surface area contributed by atoms with Crippen LogP contribution < -0.4 is 5.32 Å². The molecule has 2 N–H and O–H groups in total. The minimum absolute atomic E-state index is 0.200. The molecule has 2 heterocycles. The molecule has 1 amide bonds. The van der Waals surface area contributed by atoms with Gasteiger partial charge < -0.3 is 14.6 Å². The first-order valence-electron chi connectivity index (χ1n) is 8.48. The van der Waals surface area contributed by atoms with Gasteiger partial charge in [0.1, 0.15) is 18.1 Å². The quantitative estimate of drug-likeness (QED) is 0.691. The highest BCUT2D eigenvalue weighted by Gasteiger charge is 2.16. The number of aromatic amines is 1. The molecule has 0 saturated carbocycles. The Morgan fingerprint density at radius 2 is 2.04 bits per heavy atom. The summed E-state index contributed by atoms with van der Waals surface area (Å²) in [5.74, 6) is -0.0791. The Kier molecular flexibility index (Phi) is 5.36. The zero-order valence-corrected chi connectivity index (χ0v) is 15.4. The molecular formula is C19H21FN4O3. The molecule has 0 unspecified atom stereocenters. The summed E-state index contributed by atoms with van der Waals surface area (Å²) >= 11 is 0. The van der Waals surface area contributed by atoms with Crippen LogP contribution in [0.4, 0.5) is 4.39 Å². The van der Waals surface area contributed by atoms with E-state index in [9.17, 15) is 9.18 Å². The van der Waals surface area contributed by atoms with Crippen LogP contribution in [0.15, 0.2) is 41.1 Å². The fourth-order valence-corrected chi connectivity index (χ4v) is 2.36. The minimum atomic E-state index is -0.346. The second kappa shape index (κ2) is 7.71. The van der Waals surface area contributed by atoms with Gasteiger partial charge in [-0.2, -0.15) is 5.10 Å². The van der Waals surface area contributed by atoms with Crippen molar-refractivity contribution in [2.75, 3.05) is 0 Å². The number of amides is 1. The van der Waals surface area contributed by atoms with E-state index in [2.05, 4.69) is 20.7 Å². The Balaban J connectivity index is 1.61. The maximum atomic E-state index is 13.1. The van der Waals surface area contributed by atoms with Crippen molar-refractivity contribution >= 4 is 5.91 Å². The van der Waals surface area contributed by atoms with Crippen molar-refractivity contribution in [3.05, 3.63) is 59.4 Å². The zero-order valence-electron chi connectivity index (χ0n) is 15.4. The first-order chi connectivity index (χ1) is 12.8. The summed E-state index contributed by atoms with van der Waals surface area (Å²) in [6.07, 6.45) is 1.43. The third-order valence-electron chi connectivity index (χ3n) is 3.70. The van der Waals surface area contributed by atoms with Gasteiger partial charge in [0, 0.05) is 11.6 Å². The van der Waals surface area contributed by atoms with Gasteiger partial charge in [0.05, 0.1) is 29.6 Å². The number of benzene rings is 1. The molecule has 2 aromatic heterocycles. The lowest BCUT2D eigenvalue weighted by molar-refractivity contribution is -0.0241. The third-order valence-corrected chi connectivity index (χ3v) is 3.70. The van der Waals surface area contributed by atoms with E-state index in [0.29, 0.717) is 34.9 Å². The summed E-state index contributed by atoms with van der Waals surface area (Å²) in [5.41, 5.74) is 1.86. The summed E-state index contributed by atoms with van der Waals surface area (Å²) in [6, 6.07) is 7.56. The maximum absolute atomic E-state index is 13.1. The van der Waals surface area contributed by atoms with Crippen molar-refractivity contribution in [1.29, 1.82) is 0 Å². The van der Waals surface area contributed by atoms with Gasteiger partial charge in [0.2, 0.25) is 0 Å². The molecule has 27 heavy (non-hydrogen) atoms. The van der Waals surface area contributed by atoms with E-state index < -0.39 is 0 Å². The number of nitrogens with one attached hydrogen (secondary N) is 2. The lowest BCUT2D eigenvalue weighted by Crippen LogP contribution is -2.23. The van der Waals surface area contributed by atoms with E-state index in [1.54, 1.807) is 18.2 Å². The van der Waals surface area contributed by atoms with Crippen LogP contribution in [-0.4, -0.2) is 26.9 Å². The van der Waals surface area contributed by atoms with Crippen LogP contribution in [0.5, 0.6) is 0 Å². The van der Waals surface area contributed by atoms with Crippen LogP contribution in [0.1, 0.15) is 42.6 Å². The zero-order chi connectivity index (χ0) is 19.4. The van der Waals surface area contributed by atoms with Crippen LogP contribution in [-0.2, 0) is 17.9 Å². The lowest BCUT2D eigenvalue weighted by atomic mass is 10.1. The normalized spacial score (nSPS) is 11.6. The molecule has 0 aliphatic rings. The molecule has 0 radical (unpaired) electrons. The second-order valence-corrected chi connectivity index (χ2v) is 7.03. The van der Waals surface area contributed by atoms with Crippen LogP contribution in [0.3, 0.4) is 0 Å². The average molecular weight is 372 g/mol. The Hall–Kier alpha value is -3.00. The maximum Gasteiger partial charge on any atom is 0.255 e. The summed E-state index contributed by atoms with van der Waals surface area (Å²) in [5, 5.41) is 13.4. The summed E-state index contributed by atoms with van der Waals surface area (Å²) in [4.78, 5) is 12.5. The smallest absolute Gasteiger partial charge is 0.255 e. The highest BCUT2D eigenvalue weighted by Crippen LogP contribution is 2.21. The van der Waals surface area contributed by atoms with Gasteiger partial charge in [-0.1, -0.05) is 5.16 Å². The fourth-order valence-electron chi connectivity index (χ4n) is 2.36. The van der Waals surface area contributed by atoms with Crippen LogP contribution >= 0.6 is 0 Å². The number of hydrogen-bond donors (Lipinski definition) is 2. The largest absolute Gasteiger partial charge is 0.368 e. The van der Waals surface area contributed by atoms with Gasteiger partial charge in [-0.25, -0.2) is 4.39 Å². The number of rotatable bonds is 6. The standard InChI is InChI=1S/C19H21FN4O3/c1-19(2,3)26-11-15-8-14(24-27-15)9-21-18(25)16-10-22-23-17(16)12-4-6-13(20)7-5-12/h4-8,10H,9,11H2,1-3H3,(H,21,25)(H,22,23). The van der Waals surface area contributed by atoms with E-state index >= 15 is 0 Å². The molecule has 7 nitrogen and oxygen atoms in total. The van der Waals surface area contributed by atoms with Gasteiger partial charge in [0.15, 0.2) is 5.76 Å². The van der Waals surface area contributed by atoms with Gasteiger partial charge in [-0.05, 0) is 45.0 Å². The van der Waals surface area contributed by atoms with Crippen LogP contribution in [0.25, 0.3) is 11.3 Å². The Morgan fingerprint density at radius 3 is 2.74 bits per heavy atom. The molecule has 1 aromatic carbocycles. The summed E-state index contributed by atoms with van der Waals surface area (Å²) in [7, 11) is 0. The fraction of sp³-hybridized carbons (Fsp3) is 0.316. The molecule has 8 heteroatoms. The Bertz CT molecular complexity index is 910. The monoisotopic (exact) mass is 372 g/mol. The highest BCUT2D eigenvalue weighted by molar-refractivity contribution is 5.99. The van der Waals surface area contributed by atoms with Crippen molar-refractivity contribution < 1.29 is 18.4 Å². The molecule has 142 valence electrons. The van der Waals surface area contributed by atoms with E-state index in [4.69, 9.17) is 9.26 Å². The van der Waals surface area contributed by atoms with Gasteiger partial charge >= 0.3 is 0 Å². The number of hydrogen-bond acceptors (Lipinski definition) is 5. The number of halogens is 1. The van der Waals surface area contributed by atoms with Crippen LogP contribution in [0.2, 0.25) is 0 Å². The summed E-state index contributed by atoms with van der Waals surface area (Å²) in [6.45, 7) is 6.36. The molecule has 0 spiro atoms. The second-order valence-electron chi connectivity index (χ2n) is 7.03. The molecule has 0 aliphatic carbocycles. The molecule has 0 bridgehead atoms. The van der Waals surface area contributed by atoms with Crippen molar-refractivity contribution in [3.63, 3.8) is 0 Å². The lowest BCUT2D eigenvalue weighted by Gasteiger charge is -2.17. The first-order valence-corrected chi connectivity index (χ1v) is 8.48. The predicted molar refractivity (Wildman–Crippen MR) is 96.2 cm³/mol.